The molecule has 0 saturated carbocycles. The Labute approximate surface area is 108 Å². The Morgan fingerprint density at radius 1 is 0.941 bits per heavy atom. The average Bonchev–Trinajstić information content (AvgIpc) is 2.38. The predicted molar refractivity (Wildman–Crippen MR) is 77.2 cm³/mol. The Kier molecular flexibility index (Phi) is 7.78. The molecule has 0 aromatic rings. The zero-order valence-corrected chi connectivity index (χ0v) is 12.4. The molecule has 1 N–H and O–H groups in total. The van der Waals surface area contributed by atoms with Gasteiger partial charge in [-0.15, -0.1) is 6.58 Å². The van der Waals surface area contributed by atoms with Crippen molar-refractivity contribution in [1.82, 2.24) is 0 Å². The highest BCUT2D eigenvalue weighted by atomic mass is 16.3. The normalized spacial score (nSPS) is 15.6. The van der Waals surface area contributed by atoms with Crippen molar-refractivity contribution in [1.29, 1.82) is 0 Å². The summed E-state index contributed by atoms with van der Waals surface area (Å²) >= 11 is 0. The summed E-state index contributed by atoms with van der Waals surface area (Å²) in [6.45, 7) is 12.6. The van der Waals surface area contributed by atoms with E-state index in [1.165, 1.54) is 25.7 Å². The molecule has 17 heavy (non-hydrogen) atoms. The summed E-state index contributed by atoms with van der Waals surface area (Å²) in [6.07, 6.45) is 10.8. The van der Waals surface area contributed by atoms with E-state index in [0.717, 1.165) is 25.7 Å². The molecule has 0 saturated heterocycles. The number of hydrogen-bond donors (Lipinski definition) is 1. The summed E-state index contributed by atoms with van der Waals surface area (Å²) in [7, 11) is 0. The Balaban J connectivity index is 4.70. The van der Waals surface area contributed by atoms with Crippen molar-refractivity contribution in [3.63, 3.8) is 0 Å². The zero-order chi connectivity index (χ0) is 13.4. The van der Waals surface area contributed by atoms with Crippen molar-refractivity contribution in [2.75, 3.05) is 0 Å². The molecule has 0 aliphatic rings. The van der Waals surface area contributed by atoms with Crippen molar-refractivity contribution >= 4 is 0 Å². The fourth-order valence-electron chi connectivity index (χ4n) is 3.00. The van der Waals surface area contributed by atoms with Gasteiger partial charge in [-0.25, -0.2) is 0 Å². The van der Waals surface area contributed by atoms with E-state index in [4.69, 9.17) is 0 Å². The lowest BCUT2D eigenvalue weighted by Gasteiger charge is -2.45. The van der Waals surface area contributed by atoms with Crippen LogP contribution in [0.15, 0.2) is 12.7 Å². The largest absolute Gasteiger partial charge is 0.389 e. The SMILES string of the molecule is C=CC(CC)(CCCCCC)C(O)(CC)CC. The maximum Gasteiger partial charge on any atom is 0.0732 e. The van der Waals surface area contributed by atoms with Crippen molar-refractivity contribution in [3.05, 3.63) is 12.7 Å². The van der Waals surface area contributed by atoms with Crippen LogP contribution in [0.5, 0.6) is 0 Å². The van der Waals surface area contributed by atoms with Gasteiger partial charge in [0.15, 0.2) is 0 Å². The highest BCUT2D eigenvalue weighted by Gasteiger charge is 2.43. The van der Waals surface area contributed by atoms with Gasteiger partial charge in [-0.05, 0) is 25.7 Å². The summed E-state index contributed by atoms with van der Waals surface area (Å²) in [5.41, 5.74) is -0.667. The van der Waals surface area contributed by atoms with Crippen molar-refractivity contribution in [2.24, 2.45) is 5.41 Å². The number of rotatable bonds is 10. The molecule has 102 valence electrons. The molecule has 0 heterocycles. The molecular formula is C16H32O. The number of unbranched alkanes of at least 4 members (excludes halogenated alkanes) is 3. The Hall–Kier alpha value is -0.300. The van der Waals surface area contributed by atoms with Crippen LogP contribution in [0.3, 0.4) is 0 Å². The lowest BCUT2D eigenvalue weighted by molar-refractivity contribution is -0.0731. The van der Waals surface area contributed by atoms with E-state index in [9.17, 15) is 5.11 Å². The standard InChI is InChI=1S/C16H32O/c1-6-11-12-13-14-15(7-2,8-3)16(17,9-4)10-5/h7,17H,2,6,8-14H2,1,3-5H3. The predicted octanol–water partition coefficient (Wildman–Crippen LogP) is 5.09. The summed E-state index contributed by atoms with van der Waals surface area (Å²) < 4.78 is 0. The molecule has 1 nitrogen and oxygen atoms in total. The minimum absolute atomic E-state index is 0.0930. The molecular weight excluding hydrogens is 208 g/mol. The quantitative estimate of drug-likeness (QED) is 0.416. The van der Waals surface area contributed by atoms with Gasteiger partial charge in [0.1, 0.15) is 0 Å². The van der Waals surface area contributed by atoms with Crippen LogP contribution in [0.2, 0.25) is 0 Å². The first-order valence-corrected chi connectivity index (χ1v) is 7.41. The van der Waals surface area contributed by atoms with E-state index < -0.39 is 5.60 Å². The van der Waals surface area contributed by atoms with E-state index in [-0.39, 0.29) is 5.41 Å². The fourth-order valence-corrected chi connectivity index (χ4v) is 3.00. The van der Waals surface area contributed by atoms with E-state index in [2.05, 4.69) is 34.3 Å². The highest BCUT2D eigenvalue weighted by molar-refractivity contribution is 5.06. The van der Waals surface area contributed by atoms with Gasteiger partial charge >= 0.3 is 0 Å². The van der Waals surface area contributed by atoms with Crippen LogP contribution in [0, 0.1) is 5.41 Å². The van der Waals surface area contributed by atoms with Crippen molar-refractivity contribution in [3.8, 4) is 0 Å². The fraction of sp³-hybridized carbons (Fsp3) is 0.875. The first-order chi connectivity index (χ1) is 8.05. The molecule has 0 radical (unpaired) electrons. The first kappa shape index (κ1) is 16.7. The van der Waals surface area contributed by atoms with Crippen LogP contribution in [-0.4, -0.2) is 10.7 Å². The Bertz CT molecular complexity index is 206. The van der Waals surface area contributed by atoms with Gasteiger partial charge in [-0.2, -0.15) is 0 Å². The summed E-state index contributed by atoms with van der Waals surface area (Å²) in [5.74, 6) is 0. The maximum atomic E-state index is 10.8. The molecule has 0 fully saturated rings. The second-order valence-electron chi connectivity index (χ2n) is 5.26. The second-order valence-corrected chi connectivity index (χ2v) is 5.26. The molecule has 0 aromatic heterocycles. The molecule has 1 heteroatoms. The van der Waals surface area contributed by atoms with E-state index in [1.807, 2.05) is 6.08 Å². The molecule has 0 amide bonds. The van der Waals surface area contributed by atoms with E-state index in [0.29, 0.717) is 0 Å². The summed E-state index contributed by atoms with van der Waals surface area (Å²) in [4.78, 5) is 0. The Morgan fingerprint density at radius 3 is 1.88 bits per heavy atom. The lowest BCUT2D eigenvalue weighted by Crippen LogP contribution is -2.46. The van der Waals surface area contributed by atoms with Gasteiger partial charge in [0, 0.05) is 5.41 Å². The maximum absolute atomic E-state index is 10.8. The molecule has 0 rings (SSSR count). The minimum Gasteiger partial charge on any atom is -0.389 e. The van der Waals surface area contributed by atoms with Crippen LogP contribution in [-0.2, 0) is 0 Å². The molecule has 0 aliphatic heterocycles. The number of hydrogen-bond acceptors (Lipinski definition) is 1. The van der Waals surface area contributed by atoms with Crippen LogP contribution in [0.4, 0.5) is 0 Å². The minimum atomic E-state index is -0.574. The number of aliphatic hydroxyl groups is 1. The molecule has 0 bridgehead atoms. The monoisotopic (exact) mass is 240 g/mol. The van der Waals surface area contributed by atoms with E-state index in [1.54, 1.807) is 0 Å². The molecule has 0 aliphatic carbocycles. The molecule has 1 unspecified atom stereocenters. The van der Waals surface area contributed by atoms with Crippen molar-refractivity contribution in [2.45, 2.75) is 84.7 Å². The lowest BCUT2D eigenvalue weighted by atomic mass is 9.64. The first-order valence-electron chi connectivity index (χ1n) is 7.41. The van der Waals surface area contributed by atoms with E-state index >= 15 is 0 Å². The zero-order valence-electron chi connectivity index (χ0n) is 12.4. The highest BCUT2D eigenvalue weighted by Crippen LogP contribution is 2.45. The summed E-state index contributed by atoms with van der Waals surface area (Å²) in [6, 6.07) is 0. The molecule has 0 aromatic carbocycles. The van der Waals surface area contributed by atoms with Crippen LogP contribution in [0.25, 0.3) is 0 Å². The third-order valence-corrected chi connectivity index (χ3v) is 4.59. The smallest absolute Gasteiger partial charge is 0.0732 e. The third kappa shape index (κ3) is 3.84. The third-order valence-electron chi connectivity index (χ3n) is 4.59. The van der Waals surface area contributed by atoms with Crippen LogP contribution in [0.1, 0.15) is 79.1 Å². The summed E-state index contributed by atoms with van der Waals surface area (Å²) in [5, 5.41) is 10.8. The van der Waals surface area contributed by atoms with Gasteiger partial charge in [0.2, 0.25) is 0 Å². The second kappa shape index (κ2) is 7.92. The van der Waals surface area contributed by atoms with Gasteiger partial charge in [-0.1, -0.05) is 59.5 Å². The van der Waals surface area contributed by atoms with Crippen LogP contribution >= 0.6 is 0 Å². The Morgan fingerprint density at radius 2 is 1.53 bits per heavy atom. The average molecular weight is 240 g/mol. The molecule has 1 atom stereocenters. The van der Waals surface area contributed by atoms with Crippen molar-refractivity contribution < 1.29 is 5.11 Å². The van der Waals surface area contributed by atoms with Gasteiger partial charge in [-0.3, -0.25) is 0 Å². The molecule has 0 spiro atoms. The topological polar surface area (TPSA) is 20.2 Å². The van der Waals surface area contributed by atoms with Gasteiger partial charge in [0.05, 0.1) is 5.60 Å². The van der Waals surface area contributed by atoms with Gasteiger partial charge < -0.3 is 5.11 Å². The van der Waals surface area contributed by atoms with Crippen LogP contribution < -0.4 is 0 Å². The van der Waals surface area contributed by atoms with Gasteiger partial charge in [0.25, 0.3) is 0 Å².